The highest BCUT2D eigenvalue weighted by atomic mass is 15.2. The zero-order valence-electron chi connectivity index (χ0n) is 12.5. The summed E-state index contributed by atoms with van der Waals surface area (Å²) in [5.41, 5.74) is 7.45. The second kappa shape index (κ2) is 6.02. The molecule has 106 valence electrons. The Labute approximate surface area is 117 Å². The molecule has 1 aromatic heterocycles. The van der Waals surface area contributed by atoms with Gasteiger partial charge >= 0.3 is 0 Å². The fourth-order valence-electron chi connectivity index (χ4n) is 3.24. The maximum atomic E-state index is 6.10. The van der Waals surface area contributed by atoms with Crippen molar-refractivity contribution >= 4 is 0 Å². The molecule has 3 heteroatoms. The number of nitrogens with two attached hydrogens (primary N) is 1. The van der Waals surface area contributed by atoms with E-state index >= 15 is 0 Å². The van der Waals surface area contributed by atoms with Crippen molar-refractivity contribution in [1.29, 1.82) is 0 Å². The fraction of sp³-hybridized carbons (Fsp3) is 0.688. The molecule has 2 N–H and O–H groups in total. The predicted octanol–water partition coefficient (Wildman–Crippen LogP) is 2.67. The van der Waals surface area contributed by atoms with E-state index in [1.54, 1.807) is 0 Å². The lowest BCUT2D eigenvalue weighted by Crippen LogP contribution is -2.62. The summed E-state index contributed by atoms with van der Waals surface area (Å²) in [6.45, 7) is 9.58. The third-order valence-electron chi connectivity index (χ3n) is 4.74. The Morgan fingerprint density at radius 1 is 1.42 bits per heavy atom. The van der Waals surface area contributed by atoms with Crippen LogP contribution in [-0.2, 0) is 6.54 Å². The summed E-state index contributed by atoms with van der Waals surface area (Å²) in [5.74, 6) is 1.61. The van der Waals surface area contributed by atoms with Crippen LogP contribution in [0.5, 0.6) is 0 Å². The average Bonchev–Trinajstić information content (AvgIpc) is 2.37. The smallest absolute Gasteiger partial charge is 0.0544 e. The molecule has 0 saturated heterocycles. The van der Waals surface area contributed by atoms with Gasteiger partial charge in [-0.1, -0.05) is 26.8 Å². The predicted molar refractivity (Wildman–Crippen MR) is 79.7 cm³/mol. The Hall–Kier alpha value is -0.930. The topological polar surface area (TPSA) is 42.2 Å². The molecule has 0 bridgehead atoms. The van der Waals surface area contributed by atoms with Gasteiger partial charge in [0, 0.05) is 24.8 Å². The molecule has 1 aliphatic carbocycles. The van der Waals surface area contributed by atoms with E-state index in [0.29, 0.717) is 0 Å². The molecular formula is C16H27N3. The first-order valence-corrected chi connectivity index (χ1v) is 7.46. The summed E-state index contributed by atoms with van der Waals surface area (Å²) in [6.07, 6.45) is 4.35. The van der Waals surface area contributed by atoms with Crippen LogP contribution in [0.25, 0.3) is 0 Å². The lowest BCUT2D eigenvalue weighted by atomic mass is 9.63. The molecule has 0 atom stereocenters. The van der Waals surface area contributed by atoms with Crippen LogP contribution in [0.15, 0.2) is 24.4 Å². The molecule has 0 aliphatic heterocycles. The number of aromatic nitrogens is 1. The van der Waals surface area contributed by atoms with Crippen molar-refractivity contribution in [2.75, 3.05) is 13.1 Å². The Morgan fingerprint density at radius 3 is 2.63 bits per heavy atom. The van der Waals surface area contributed by atoms with Crippen molar-refractivity contribution < 1.29 is 0 Å². The number of rotatable bonds is 6. The van der Waals surface area contributed by atoms with Crippen molar-refractivity contribution in [3.05, 3.63) is 30.1 Å². The molecule has 3 nitrogen and oxygen atoms in total. The van der Waals surface area contributed by atoms with Crippen molar-refractivity contribution in [1.82, 2.24) is 9.88 Å². The van der Waals surface area contributed by atoms with Crippen molar-refractivity contribution in [2.24, 2.45) is 17.6 Å². The normalized spacial score (nSPS) is 26.7. The number of pyridine rings is 1. The summed E-state index contributed by atoms with van der Waals surface area (Å²) in [7, 11) is 0. The van der Waals surface area contributed by atoms with Crippen molar-refractivity contribution in [3.8, 4) is 0 Å². The molecule has 0 radical (unpaired) electrons. The van der Waals surface area contributed by atoms with Gasteiger partial charge in [0.2, 0.25) is 0 Å². The Kier molecular flexibility index (Phi) is 4.58. The lowest BCUT2D eigenvalue weighted by molar-refractivity contribution is -0.0381. The van der Waals surface area contributed by atoms with Crippen LogP contribution >= 0.6 is 0 Å². The van der Waals surface area contributed by atoms with Crippen LogP contribution in [0.3, 0.4) is 0 Å². The van der Waals surface area contributed by atoms with Gasteiger partial charge in [0.05, 0.1) is 5.69 Å². The van der Waals surface area contributed by atoms with E-state index in [2.05, 4.69) is 42.8 Å². The molecule has 1 aromatic rings. The summed E-state index contributed by atoms with van der Waals surface area (Å²) >= 11 is 0. The van der Waals surface area contributed by atoms with Gasteiger partial charge in [-0.25, -0.2) is 0 Å². The highest BCUT2D eigenvalue weighted by Gasteiger charge is 2.47. The van der Waals surface area contributed by atoms with E-state index in [0.717, 1.165) is 37.2 Å². The van der Waals surface area contributed by atoms with Crippen LogP contribution in [-0.4, -0.2) is 28.5 Å². The Morgan fingerprint density at radius 2 is 2.16 bits per heavy atom. The second-order valence-electron chi connectivity index (χ2n) is 6.18. The van der Waals surface area contributed by atoms with Gasteiger partial charge < -0.3 is 5.73 Å². The van der Waals surface area contributed by atoms with Gasteiger partial charge in [0.1, 0.15) is 0 Å². The van der Waals surface area contributed by atoms with Crippen LogP contribution in [0.4, 0.5) is 0 Å². The van der Waals surface area contributed by atoms with Gasteiger partial charge in [-0.2, -0.15) is 0 Å². The molecule has 0 unspecified atom stereocenters. The summed E-state index contributed by atoms with van der Waals surface area (Å²) in [4.78, 5) is 6.97. The molecule has 1 heterocycles. The molecule has 1 fully saturated rings. The third kappa shape index (κ3) is 2.98. The van der Waals surface area contributed by atoms with E-state index < -0.39 is 0 Å². The average molecular weight is 261 g/mol. The van der Waals surface area contributed by atoms with E-state index in [1.165, 1.54) is 12.8 Å². The van der Waals surface area contributed by atoms with Crippen LogP contribution in [0.1, 0.15) is 39.3 Å². The van der Waals surface area contributed by atoms with Crippen LogP contribution < -0.4 is 5.73 Å². The molecule has 0 amide bonds. The van der Waals surface area contributed by atoms with Crippen LogP contribution in [0.2, 0.25) is 0 Å². The molecular weight excluding hydrogens is 234 g/mol. The Balaban J connectivity index is 2.04. The second-order valence-corrected chi connectivity index (χ2v) is 6.18. The van der Waals surface area contributed by atoms with Crippen LogP contribution in [0, 0.1) is 11.8 Å². The minimum Gasteiger partial charge on any atom is -0.329 e. The first kappa shape index (κ1) is 14.5. The Bertz CT molecular complexity index is 382. The lowest BCUT2D eigenvalue weighted by Gasteiger charge is -2.55. The summed E-state index contributed by atoms with van der Waals surface area (Å²) in [5, 5.41) is 0. The van der Waals surface area contributed by atoms with E-state index in [-0.39, 0.29) is 5.54 Å². The molecule has 1 saturated carbocycles. The zero-order chi connectivity index (χ0) is 13.9. The minimum atomic E-state index is 0.210. The number of hydrogen-bond acceptors (Lipinski definition) is 3. The molecule has 1 aliphatic rings. The van der Waals surface area contributed by atoms with Gasteiger partial charge in [-0.05, 0) is 43.4 Å². The standard InChI is InChI=1S/C16H27N3/c1-4-19(11-15-7-5-6-8-18-15)16(12-17)9-14(10-16)13(2)3/h5-8,13-14H,4,9-12,17H2,1-3H3. The maximum Gasteiger partial charge on any atom is 0.0544 e. The van der Waals surface area contributed by atoms with Gasteiger partial charge in [0.25, 0.3) is 0 Å². The van der Waals surface area contributed by atoms with Gasteiger partial charge in [0.15, 0.2) is 0 Å². The van der Waals surface area contributed by atoms with E-state index in [1.807, 2.05) is 12.3 Å². The fourth-order valence-corrected chi connectivity index (χ4v) is 3.24. The maximum absolute atomic E-state index is 6.10. The third-order valence-corrected chi connectivity index (χ3v) is 4.74. The summed E-state index contributed by atoms with van der Waals surface area (Å²) < 4.78 is 0. The minimum absolute atomic E-state index is 0.210. The molecule has 2 rings (SSSR count). The first-order chi connectivity index (χ1) is 9.11. The quantitative estimate of drug-likeness (QED) is 0.856. The first-order valence-electron chi connectivity index (χ1n) is 7.46. The molecule has 0 aromatic carbocycles. The highest BCUT2D eigenvalue weighted by molar-refractivity contribution is 5.08. The van der Waals surface area contributed by atoms with Gasteiger partial charge in [-0.15, -0.1) is 0 Å². The number of likely N-dealkylation sites (N-methyl/N-ethyl adjacent to an activating group) is 1. The van der Waals surface area contributed by atoms with E-state index in [9.17, 15) is 0 Å². The molecule has 19 heavy (non-hydrogen) atoms. The highest BCUT2D eigenvalue weighted by Crippen LogP contribution is 2.45. The SMILES string of the molecule is CCN(Cc1ccccn1)C1(CN)CC(C(C)C)C1. The number of hydrogen-bond donors (Lipinski definition) is 1. The van der Waals surface area contributed by atoms with Gasteiger partial charge in [-0.3, -0.25) is 9.88 Å². The zero-order valence-corrected chi connectivity index (χ0v) is 12.5. The summed E-state index contributed by atoms with van der Waals surface area (Å²) in [6, 6.07) is 6.13. The largest absolute Gasteiger partial charge is 0.329 e. The van der Waals surface area contributed by atoms with Crippen molar-refractivity contribution in [3.63, 3.8) is 0 Å². The monoisotopic (exact) mass is 261 g/mol. The van der Waals surface area contributed by atoms with Crippen molar-refractivity contribution in [2.45, 2.75) is 45.7 Å². The molecule has 0 spiro atoms. The number of nitrogens with zero attached hydrogens (tertiary/aromatic N) is 2. The van der Waals surface area contributed by atoms with E-state index in [4.69, 9.17) is 5.73 Å².